The van der Waals surface area contributed by atoms with Crippen LogP contribution in [0, 0.1) is 11.8 Å². The standard InChI is InChI=1S/C21H23NO3/c1-13-4-9-17-16(13)8-5-14(2)21(17)22-20(24)11-7-15-6-10-19(25-3)18(23)12-15/h4,6-14,23H,5H2,1-3H3,(H,22,24)/b11-7+. The SMILES string of the molecule is COc1ccc(/C=C/C(=O)NC2=C3C=CC(C)C3=CCC2C)cc1O. The Balaban J connectivity index is 1.74. The Morgan fingerprint density at radius 3 is 2.88 bits per heavy atom. The molecule has 2 atom stereocenters. The minimum Gasteiger partial charge on any atom is -0.504 e. The zero-order chi connectivity index (χ0) is 18.0. The minimum atomic E-state index is -0.168. The van der Waals surface area contributed by atoms with Gasteiger partial charge in [-0.05, 0) is 47.3 Å². The van der Waals surface area contributed by atoms with E-state index in [4.69, 9.17) is 4.74 Å². The van der Waals surface area contributed by atoms with Gasteiger partial charge >= 0.3 is 0 Å². The molecule has 2 aliphatic rings. The van der Waals surface area contributed by atoms with Crippen LogP contribution in [0.25, 0.3) is 6.08 Å². The van der Waals surface area contributed by atoms with Crippen LogP contribution in [0.15, 0.2) is 59.3 Å². The second kappa shape index (κ2) is 7.01. The topological polar surface area (TPSA) is 58.6 Å². The Bertz CT molecular complexity index is 814. The molecule has 0 saturated heterocycles. The fraction of sp³-hybridized carbons (Fsp3) is 0.286. The first-order valence-corrected chi connectivity index (χ1v) is 8.48. The van der Waals surface area contributed by atoms with E-state index in [2.05, 4.69) is 37.4 Å². The summed E-state index contributed by atoms with van der Waals surface area (Å²) in [4.78, 5) is 12.3. The second-order valence-corrected chi connectivity index (χ2v) is 6.53. The lowest BCUT2D eigenvalue weighted by atomic mass is 9.87. The third-order valence-corrected chi connectivity index (χ3v) is 4.72. The lowest BCUT2D eigenvalue weighted by Gasteiger charge is -2.24. The van der Waals surface area contributed by atoms with Gasteiger partial charge in [-0.2, -0.15) is 0 Å². The van der Waals surface area contributed by atoms with Gasteiger partial charge in [0.15, 0.2) is 11.5 Å². The summed E-state index contributed by atoms with van der Waals surface area (Å²) in [6.07, 6.45) is 10.7. The highest BCUT2D eigenvalue weighted by Crippen LogP contribution is 2.38. The van der Waals surface area contributed by atoms with Gasteiger partial charge in [0.25, 0.3) is 0 Å². The molecule has 1 aromatic carbocycles. The van der Waals surface area contributed by atoms with Crippen LogP contribution in [0.3, 0.4) is 0 Å². The Labute approximate surface area is 148 Å². The molecule has 0 aliphatic heterocycles. The molecule has 130 valence electrons. The lowest BCUT2D eigenvalue weighted by molar-refractivity contribution is -0.115. The van der Waals surface area contributed by atoms with E-state index in [-0.39, 0.29) is 17.6 Å². The molecule has 3 rings (SSSR count). The first kappa shape index (κ1) is 17.1. The lowest BCUT2D eigenvalue weighted by Crippen LogP contribution is -2.27. The number of carbonyl (C=O) groups is 1. The molecule has 4 nitrogen and oxygen atoms in total. The number of benzene rings is 1. The molecule has 2 aliphatic carbocycles. The first-order chi connectivity index (χ1) is 12.0. The maximum atomic E-state index is 12.3. The number of amides is 1. The van der Waals surface area contributed by atoms with E-state index in [0.717, 1.165) is 23.3 Å². The van der Waals surface area contributed by atoms with Gasteiger partial charge in [-0.25, -0.2) is 0 Å². The van der Waals surface area contributed by atoms with Crippen LogP contribution in [0.4, 0.5) is 0 Å². The van der Waals surface area contributed by atoms with Crippen molar-refractivity contribution in [3.63, 3.8) is 0 Å². The molecular weight excluding hydrogens is 314 g/mol. The highest BCUT2D eigenvalue weighted by Gasteiger charge is 2.26. The Morgan fingerprint density at radius 2 is 2.16 bits per heavy atom. The van der Waals surface area contributed by atoms with Crippen molar-refractivity contribution in [3.05, 3.63) is 64.9 Å². The van der Waals surface area contributed by atoms with Gasteiger partial charge < -0.3 is 15.2 Å². The molecule has 0 heterocycles. The Kier molecular flexibility index (Phi) is 4.79. The number of aromatic hydroxyl groups is 1. The molecule has 0 fully saturated rings. The first-order valence-electron chi connectivity index (χ1n) is 8.48. The highest BCUT2D eigenvalue weighted by atomic mass is 16.5. The molecule has 1 amide bonds. The third-order valence-electron chi connectivity index (χ3n) is 4.72. The van der Waals surface area contributed by atoms with Crippen molar-refractivity contribution in [3.8, 4) is 11.5 Å². The maximum absolute atomic E-state index is 12.3. The summed E-state index contributed by atoms with van der Waals surface area (Å²) in [5.74, 6) is 0.990. The molecule has 4 heteroatoms. The molecule has 25 heavy (non-hydrogen) atoms. The van der Waals surface area contributed by atoms with Gasteiger partial charge in [0, 0.05) is 17.7 Å². The summed E-state index contributed by atoms with van der Waals surface area (Å²) in [5, 5.41) is 12.8. The van der Waals surface area contributed by atoms with Gasteiger partial charge in [-0.1, -0.05) is 38.1 Å². The number of phenolic OH excluding ortho intramolecular Hbond substituents is 1. The van der Waals surface area contributed by atoms with Crippen LogP contribution in [-0.4, -0.2) is 18.1 Å². The largest absolute Gasteiger partial charge is 0.504 e. The zero-order valence-electron chi connectivity index (χ0n) is 14.7. The number of ether oxygens (including phenoxy) is 1. The van der Waals surface area contributed by atoms with Crippen LogP contribution in [-0.2, 0) is 4.79 Å². The predicted molar refractivity (Wildman–Crippen MR) is 99.0 cm³/mol. The maximum Gasteiger partial charge on any atom is 0.248 e. The Hall–Kier alpha value is -2.75. The quantitative estimate of drug-likeness (QED) is 0.818. The number of allylic oxidation sites excluding steroid dienone is 6. The monoisotopic (exact) mass is 337 g/mol. The number of rotatable bonds is 4. The van der Waals surface area contributed by atoms with Crippen LogP contribution in [0.1, 0.15) is 25.8 Å². The van der Waals surface area contributed by atoms with Gasteiger partial charge in [0.05, 0.1) is 7.11 Å². The number of phenols is 1. The van der Waals surface area contributed by atoms with E-state index in [1.54, 1.807) is 24.3 Å². The summed E-state index contributed by atoms with van der Waals surface area (Å²) < 4.78 is 5.02. The van der Waals surface area contributed by atoms with Crippen molar-refractivity contribution in [2.75, 3.05) is 7.11 Å². The second-order valence-electron chi connectivity index (χ2n) is 6.53. The van der Waals surface area contributed by atoms with Crippen molar-refractivity contribution >= 4 is 12.0 Å². The van der Waals surface area contributed by atoms with Crippen LogP contribution in [0.2, 0.25) is 0 Å². The summed E-state index contributed by atoms with van der Waals surface area (Å²) in [6.45, 7) is 4.29. The van der Waals surface area contributed by atoms with E-state index in [0.29, 0.717) is 11.7 Å². The molecule has 0 bridgehead atoms. The number of hydrogen-bond donors (Lipinski definition) is 2. The summed E-state index contributed by atoms with van der Waals surface area (Å²) in [6, 6.07) is 5.02. The molecule has 0 radical (unpaired) electrons. The minimum absolute atomic E-state index is 0.0516. The van der Waals surface area contributed by atoms with Crippen LogP contribution in [0.5, 0.6) is 11.5 Å². The van der Waals surface area contributed by atoms with Crippen molar-refractivity contribution in [2.24, 2.45) is 11.8 Å². The zero-order valence-corrected chi connectivity index (χ0v) is 14.7. The van der Waals surface area contributed by atoms with Gasteiger partial charge in [0.1, 0.15) is 0 Å². The van der Waals surface area contributed by atoms with Crippen molar-refractivity contribution in [2.45, 2.75) is 20.3 Å². The number of fused-ring (bicyclic) bond motifs is 1. The number of carbonyl (C=O) groups excluding carboxylic acids is 1. The van der Waals surface area contributed by atoms with Crippen molar-refractivity contribution in [1.82, 2.24) is 5.32 Å². The van der Waals surface area contributed by atoms with E-state index in [1.807, 2.05) is 0 Å². The van der Waals surface area contributed by atoms with Crippen molar-refractivity contribution in [1.29, 1.82) is 0 Å². The Morgan fingerprint density at radius 1 is 1.36 bits per heavy atom. The number of hydrogen-bond acceptors (Lipinski definition) is 3. The fourth-order valence-electron chi connectivity index (χ4n) is 3.26. The third kappa shape index (κ3) is 3.53. The summed E-state index contributed by atoms with van der Waals surface area (Å²) >= 11 is 0. The average molecular weight is 337 g/mol. The van der Waals surface area contributed by atoms with E-state index < -0.39 is 0 Å². The molecule has 0 spiro atoms. The van der Waals surface area contributed by atoms with Gasteiger partial charge in [0.2, 0.25) is 5.91 Å². The molecular formula is C21H23NO3. The molecule has 2 N–H and O–H groups in total. The fourth-order valence-corrected chi connectivity index (χ4v) is 3.26. The summed E-state index contributed by atoms with van der Waals surface area (Å²) in [7, 11) is 1.50. The number of nitrogens with one attached hydrogen (secondary N) is 1. The van der Waals surface area contributed by atoms with E-state index in [1.165, 1.54) is 18.8 Å². The summed E-state index contributed by atoms with van der Waals surface area (Å²) in [5.41, 5.74) is 4.18. The van der Waals surface area contributed by atoms with Gasteiger partial charge in [-0.15, -0.1) is 0 Å². The van der Waals surface area contributed by atoms with Gasteiger partial charge in [-0.3, -0.25) is 4.79 Å². The number of methoxy groups -OCH3 is 1. The average Bonchev–Trinajstić information content (AvgIpc) is 2.97. The van der Waals surface area contributed by atoms with E-state index >= 15 is 0 Å². The molecule has 2 unspecified atom stereocenters. The van der Waals surface area contributed by atoms with E-state index in [9.17, 15) is 9.90 Å². The molecule has 0 aromatic heterocycles. The highest BCUT2D eigenvalue weighted by molar-refractivity contribution is 5.93. The normalized spacial score (nSPS) is 22.1. The van der Waals surface area contributed by atoms with Crippen LogP contribution < -0.4 is 10.1 Å². The predicted octanol–water partition coefficient (Wildman–Crippen LogP) is 3.96. The molecule has 0 saturated carbocycles. The smallest absolute Gasteiger partial charge is 0.248 e. The molecule has 1 aromatic rings. The van der Waals surface area contributed by atoms with Crippen LogP contribution >= 0.6 is 0 Å². The van der Waals surface area contributed by atoms with Crippen molar-refractivity contribution < 1.29 is 14.6 Å².